The zero-order valence-electron chi connectivity index (χ0n) is 16.0. The highest BCUT2D eigenvalue weighted by atomic mass is 14.2. The molecule has 1 aromatic carbocycles. The fourth-order valence-electron chi connectivity index (χ4n) is 2.59. The number of hydrogen-bond donors (Lipinski definition) is 0. The summed E-state index contributed by atoms with van der Waals surface area (Å²) >= 11 is 0. The molecule has 0 aliphatic heterocycles. The lowest BCUT2D eigenvalue weighted by atomic mass is 9.80. The van der Waals surface area contributed by atoms with Crippen molar-refractivity contribution in [3.63, 3.8) is 0 Å². The molecule has 21 heavy (non-hydrogen) atoms. The van der Waals surface area contributed by atoms with Gasteiger partial charge in [-0.2, -0.15) is 0 Å². The monoisotopic (exact) mass is 292 g/mol. The van der Waals surface area contributed by atoms with E-state index >= 15 is 0 Å². The van der Waals surface area contributed by atoms with Gasteiger partial charge < -0.3 is 0 Å². The summed E-state index contributed by atoms with van der Waals surface area (Å²) in [7, 11) is 0. The highest BCUT2D eigenvalue weighted by molar-refractivity contribution is 5.21. The minimum absolute atomic E-state index is 0.948. The number of hydrogen-bond acceptors (Lipinski definition) is 0. The number of benzene rings is 1. The molecule has 1 saturated carbocycles. The van der Waals surface area contributed by atoms with Crippen molar-refractivity contribution in [2.75, 3.05) is 0 Å². The highest BCUT2D eigenvalue weighted by Crippen LogP contribution is 2.30. The molecule has 1 aliphatic carbocycles. The van der Waals surface area contributed by atoms with E-state index in [0.29, 0.717) is 0 Å². The van der Waals surface area contributed by atoms with Gasteiger partial charge in [-0.15, -0.1) is 0 Å². The molecule has 0 amide bonds. The molecule has 124 valence electrons. The molecule has 0 unspecified atom stereocenters. The second-order valence-electron chi connectivity index (χ2n) is 5.32. The van der Waals surface area contributed by atoms with Crippen LogP contribution >= 0.6 is 0 Å². The Balaban J connectivity index is 0. The molecular formula is C21H40. The van der Waals surface area contributed by atoms with Gasteiger partial charge in [-0.25, -0.2) is 0 Å². The second kappa shape index (κ2) is 15.6. The standard InChI is InChI=1S/C15H22.3C2H6/c1-12-3-7-14(8-4-12)11-15-9-5-13(2)6-10-15;3*1-2/h3-4,7-8,13,15H,5-6,9-11H2,1-2H3;3*1-2H3. The summed E-state index contributed by atoms with van der Waals surface area (Å²) < 4.78 is 0. The first kappa shape index (κ1) is 22.5. The van der Waals surface area contributed by atoms with Gasteiger partial charge in [-0.1, -0.05) is 91.1 Å². The van der Waals surface area contributed by atoms with E-state index in [-0.39, 0.29) is 0 Å². The predicted molar refractivity (Wildman–Crippen MR) is 100 cm³/mol. The van der Waals surface area contributed by atoms with Gasteiger partial charge in [0.25, 0.3) is 0 Å². The van der Waals surface area contributed by atoms with Gasteiger partial charge in [0.1, 0.15) is 0 Å². The van der Waals surface area contributed by atoms with Crippen molar-refractivity contribution in [3.8, 4) is 0 Å². The van der Waals surface area contributed by atoms with Crippen LogP contribution in [0.5, 0.6) is 0 Å². The molecule has 0 heterocycles. The van der Waals surface area contributed by atoms with Gasteiger partial charge >= 0.3 is 0 Å². The van der Waals surface area contributed by atoms with E-state index in [1.54, 1.807) is 0 Å². The Hall–Kier alpha value is -0.780. The average molecular weight is 293 g/mol. The van der Waals surface area contributed by atoms with Crippen molar-refractivity contribution in [2.45, 2.75) is 87.5 Å². The maximum Gasteiger partial charge on any atom is -0.0250 e. The maximum atomic E-state index is 2.39. The summed E-state index contributed by atoms with van der Waals surface area (Å²) in [5, 5.41) is 0. The van der Waals surface area contributed by atoms with Crippen LogP contribution in [0.1, 0.15) is 85.3 Å². The molecule has 0 heteroatoms. The van der Waals surface area contributed by atoms with E-state index in [4.69, 9.17) is 0 Å². The lowest BCUT2D eigenvalue weighted by molar-refractivity contribution is 0.289. The Labute approximate surface area is 135 Å². The van der Waals surface area contributed by atoms with E-state index < -0.39 is 0 Å². The number of rotatable bonds is 2. The summed E-state index contributed by atoms with van der Waals surface area (Å²) in [6, 6.07) is 9.07. The summed E-state index contributed by atoms with van der Waals surface area (Å²) in [5.41, 5.74) is 2.90. The van der Waals surface area contributed by atoms with Crippen molar-refractivity contribution in [1.82, 2.24) is 0 Å². The third kappa shape index (κ3) is 10.6. The molecule has 0 N–H and O–H groups in total. The predicted octanol–water partition coefficient (Wildman–Crippen LogP) is 7.44. The molecule has 1 fully saturated rings. The third-order valence-corrected chi connectivity index (χ3v) is 3.78. The van der Waals surface area contributed by atoms with E-state index in [2.05, 4.69) is 38.1 Å². The van der Waals surface area contributed by atoms with Crippen LogP contribution in [0.15, 0.2) is 24.3 Å². The smallest absolute Gasteiger partial charge is 0.0250 e. The van der Waals surface area contributed by atoms with Crippen LogP contribution in [0.25, 0.3) is 0 Å². The van der Waals surface area contributed by atoms with Gasteiger partial charge in [-0.05, 0) is 43.6 Å². The summed E-state index contributed by atoms with van der Waals surface area (Å²) in [6.07, 6.45) is 7.06. The first-order valence-electron chi connectivity index (χ1n) is 9.29. The Kier molecular flexibility index (Phi) is 16.7. The Morgan fingerprint density at radius 2 is 1.19 bits per heavy atom. The van der Waals surface area contributed by atoms with Gasteiger partial charge in [-0.3, -0.25) is 0 Å². The topological polar surface area (TPSA) is 0 Å². The molecular weight excluding hydrogens is 252 g/mol. The van der Waals surface area contributed by atoms with Crippen molar-refractivity contribution < 1.29 is 0 Å². The molecule has 0 atom stereocenters. The summed E-state index contributed by atoms with van der Waals surface area (Å²) in [6.45, 7) is 16.5. The maximum absolute atomic E-state index is 2.39. The lowest BCUT2D eigenvalue weighted by Crippen LogP contribution is -2.14. The molecule has 0 aromatic heterocycles. The molecule has 0 spiro atoms. The Morgan fingerprint density at radius 3 is 1.62 bits per heavy atom. The first-order chi connectivity index (χ1) is 10.2. The zero-order valence-corrected chi connectivity index (χ0v) is 16.0. The third-order valence-electron chi connectivity index (χ3n) is 3.78. The fraction of sp³-hybridized carbons (Fsp3) is 0.714. The van der Waals surface area contributed by atoms with Crippen LogP contribution in [0.3, 0.4) is 0 Å². The normalized spacial score (nSPS) is 19.8. The Morgan fingerprint density at radius 1 is 0.762 bits per heavy atom. The van der Waals surface area contributed by atoms with Crippen LogP contribution in [0.2, 0.25) is 0 Å². The van der Waals surface area contributed by atoms with E-state index in [1.165, 1.54) is 43.2 Å². The van der Waals surface area contributed by atoms with Gasteiger partial charge in [0, 0.05) is 0 Å². The molecule has 1 aliphatic rings. The van der Waals surface area contributed by atoms with Crippen molar-refractivity contribution in [1.29, 1.82) is 0 Å². The van der Waals surface area contributed by atoms with Crippen LogP contribution in [0, 0.1) is 18.8 Å². The minimum atomic E-state index is 0.948. The van der Waals surface area contributed by atoms with Gasteiger partial charge in [0.2, 0.25) is 0 Å². The molecule has 1 aromatic rings. The van der Waals surface area contributed by atoms with Gasteiger partial charge in [0.15, 0.2) is 0 Å². The highest BCUT2D eigenvalue weighted by Gasteiger charge is 2.18. The van der Waals surface area contributed by atoms with E-state index in [0.717, 1.165) is 11.8 Å². The molecule has 0 bridgehead atoms. The van der Waals surface area contributed by atoms with Crippen LogP contribution in [-0.4, -0.2) is 0 Å². The van der Waals surface area contributed by atoms with Crippen molar-refractivity contribution in [3.05, 3.63) is 35.4 Å². The second-order valence-corrected chi connectivity index (χ2v) is 5.32. The van der Waals surface area contributed by atoms with Crippen LogP contribution < -0.4 is 0 Å². The summed E-state index contributed by atoms with van der Waals surface area (Å²) in [4.78, 5) is 0. The lowest BCUT2D eigenvalue weighted by Gasteiger charge is -2.26. The molecule has 2 rings (SSSR count). The van der Waals surface area contributed by atoms with Crippen LogP contribution in [-0.2, 0) is 6.42 Å². The Bertz CT molecular complexity index is 288. The molecule has 0 radical (unpaired) electrons. The van der Waals surface area contributed by atoms with E-state index in [1.807, 2.05) is 41.5 Å². The van der Waals surface area contributed by atoms with Crippen molar-refractivity contribution in [2.24, 2.45) is 11.8 Å². The SMILES string of the molecule is CC.CC.CC.Cc1ccc(CC2CCC(C)CC2)cc1. The average Bonchev–Trinajstić information content (AvgIpc) is 2.57. The number of aryl methyl sites for hydroxylation is 1. The fourth-order valence-corrected chi connectivity index (χ4v) is 2.59. The summed E-state index contributed by atoms with van der Waals surface area (Å²) in [5.74, 6) is 1.92. The molecule has 0 saturated heterocycles. The van der Waals surface area contributed by atoms with Crippen LogP contribution in [0.4, 0.5) is 0 Å². The van der Waals surface area contributed by atoms with Crippen molar-refractivity contribution >= 4 is 0 Å². The first-order valence-corrected chi connectivity index (χ1v) is 9.29. The largest absolute Gasteiger partial charge is 0.0683 e. The zero-order chi connectivity index (χ0) is 16.7. The molecule has 0 nitrogen and oxygen atoms in total. The van der Waals surface area contributed by atoms with Gasteiger partial charge in [0.05, 0.1) is 0 Å². The minimum Gasteiger partial charge on any atom is -0.0683 e. The quantitative estimate of drug-likeness (QED) is 0.531. The van der Waals surface area contributed by atoms with E-state index in [9.17, 15) is 0 Å².